The van der Waals surface area contributed by atoms with Crippen LogP contribution in [0.1, 0.15) is 25.3 Å². The fraction of sp³-hybridized carbons (Fsp3) is 0.538. The standard InChI is InChI=1S/C13H19BrN2O/c1-9-6-12(10(14)7-11(9)15)16-5-3-4-13(2,17)8-16/h6-7,17H,3-5,8,15H2,1-2H3. The number of nitrogens with two attached hydrogens (primary N) is 1. The van der Waals surface area contributed by atoms with Crippen LogP contribution < -0.4 is 10.6 Å². The Labute approximate surface area is 111 Å². The summed E-state index contributed by atoms with van der Waals surface area (Å²) in [5.41, 5.74) is 8.28. The molecule has 3 nitrogen and oxygen atoms in total. The van der Waals surface area contributed by atoms with E-state index in [9.17, 15) is 5.11 Å². The number of nitrogen functional groups attached to an aromatic ring is 1. The quantitative estimate of drug-likeness (QED) is 0.784. The van der Waals surface area contributed by atoms with Crippen LogP contribution in [-0.2, 0) is 0 Å². The van der Waals surface area contributed by atoms with Crippen molar-refractivity contribution >= 4 is 27.3 Å². The molecule has 94 valence electrons. The van der Waals surface area contributed by atoms with Gasteiger partial charge in [0.15, 0.2) is 0 Å². The molecule has 0 saturated carbocycles. The summed E-state index contributed by atoms with van der Waals surface area (Å²) >= 11 is 3.55. The van der Waals surface area contributed by atoms with Gasteiger partial charge in [0, 0.05) is 23.2 Å². The molecule has 1 aromatic rings. The number of rotatable bonds is 1. The number of hydrogen-bond acceptors (Lipinski definition) is 3. The largest absolute Gasteiger partial charge is 0.398 e. The summed E-state index contributed by atoms with van der Waals surface area (Å²) in [6.45, 7) is 5.57. The minimum absolute atomic E-state index is 0.590. The summed E-state index contributed by atoms with van der Waals surface area (Å²) in [6, 6.07) is 4.02. The minimum Gasteiger partial charge on any atom is -0.398 e. The Kier molecular flexibility index (Phi) is 3.36. The van der Waals surface area contributed by atoms with Gasteiger partial charge in [-0.1, -0.05) is 0 Å². The zero-order valence-corrected chi connectivity index (χ0v) is 11.9. The molecule has 1 atom stereocenters. The molecular weight excluding hydrogens is 280 g/mol. The highest BCUT2D eigenvalue weighted by atomic mass is 79.9. The fourth-order valence-corrected chi connectivity index (χ4v) is 2.96. The first-order valence-corrected chi connectivity index (χ1v) is 6.71. The number of nitrogens with zero attached hydrogens (tertiary/aromatic N) is 1. The number of halogens is 1. The van der Waals surface area contributed by atoms with Crippen LogP contribution in [0.2, 0.25) is 0 Å². The number of aryl methyl sites for hydroxylation is 1. The lowest BCUT2D eigenvalue weighted by atomic mass is 9.94. The molecule has 0 aliphatic carbocycles. The second-order valence-electron chi connectivity index (χ2n) is 5.18. The van der Waals surface area contributed by atoms with Gasteiger partial charge in [-0.25, -0.2) is 0 Å². The lowest BCUT2D eigenvalue weighted by molar-refractivity contribution is 0.0449. The maximum absolute atomic E-state index is 10.1. The van der Waals surface area contributed by atoms with Crippen LogP contribution in [0.5, 0.6) is 0 Å². The summed E-state index contributed by atoms with van der Waals surface area (Å²) in [5.74, 6) is 0. The van der Waals surface area contributed by atoms with E-state index < -0.39 is 5.60 Å². The molecule has 1 aliphatic rings. The van der Waals surface area contributed by atoms with Crippen molar-refractivity contribution < 1.29 is 5.11 Å². The van der Waals surface area contributed by atoms with Crippen molar-refractivity contribution in [3.8, 4) is 0 Å². The molecule has 1 aromatic carbocycles. The predicted octanol–water partition coefficient (Wildman–Crippen LogP) is 2.69. The van der Waals surface area contributed by atoms with Crippen molar-refractivity contribution in [2.45, 2.75) is 32.3 Å². The Bertz CT molecular complexity index is 432. The molecule has 0 amide bonds. The van der Waals surface area contributed by atoms with E-state index in [1.807, 2.05) is 19.9 Å². The molecule has 0 radical (unpaired) electrons. The Morgan fingerprint density at radius 3 is 2.82 bits per heavy atom. The lowest BCUT2D eigenvalue weighted by Crippen LogP contribution is -2.46. The summed E-state index contributed by atoms with van der Waals surface area (Å²) in [4.78, 5) is 2.22. The summed E-state index contributed by atoms with van der Waals surface area (Å²) < 4.78 is 0.998. The van der Waals surface area contributed by atoms with E-state index in [0.717, 1.165) is 40.8 Å². The van der Waals surface area contributed by atoms with Gasteiger partial charge in [0.25, 0.3) is 0 Å². The van der Waals surface area contributed by atoms with Crippen molar-refractivity contribution in [2.24, 2.45) is 0 Å². The number of piperidine rings is 1. The van der Waals surface area contributed by atoms with Crippen molar-refractivity contribution in [3.63, 3.8) is 0 Å². The van der Waals surface area contributed by atoms with Gasteiger partial charge in [-0.05, 0) is 60.3 Å². The molecule has 3 N–H and O–H groups in total. The van der Waals surface area contributed by atoms with E-state index in [2.05, 4.69) is 26.9 Å². The topological polar surface area (TPSA) is 49.5 Å². The smallest absolute Gasteiger partial charge is 0.0794 e. The van der Waals surface area contributed by atoms with E-state index in [1.165, 1.54) is 0 Å². The molecule has 0 aromatic heterocycles. The summed E-state index contributed by atoms with van der Waals surface area (Å²) in [7, 11) is 0. The first-order chi connectivity index (χ1) is 7.89. The third-order valence-corrected chi connectivity index (χ3v) is 3.99. The molecule has 1 fully saturated rings. The highest BCUT2D eigenvalue weighted by Gasteiger charge is 2.29. The van der Waals surface area contributed by atoms with Crippen LogP contribution in [0.4, 0.5) is 11.4 Å². The average molecular weight is 299 g/mol. The van der Waals surface area contributed by atoms with Crippen LogP contribution in [0.15, 0.2) is 16.6 Å². The van der Waals surface area contributed by atoms with Crippen LogP contribution >= 0.6 is 15.9 Å². The molecule has 0 spiro atoms. The van der Waals surface area contributed by atoms with Gasteiger partial charge in [0.2, 0.25) is 0 Å². The monoisotopic (exact) mass is 298 g/mol. The normalized spacial score (nSPS) is 25.1. The van der Waals surface area contributed by atoms with Gasteiger partial charge >= 0.3 is 0 Å². The summed E-state index contributed by atoms with van der Waals surface area (Å²) in [5, 5.41) is 10.1. The van der Waals surface area contributed by atoms with E-state index in [-0.39, 0.29) is 0 Å². The zero-order chi connectivity index (χ0) is 12.6. The second kappa shape index (κ2) is 4.50. The van der Waals surface area contributed by atoms with E-state index in [1.54, 1.807) is 0 Å². The SMILES string of the molecule is Cc1cc(N2CCCC(C)(O)C2)c(Br)cc1N. The second-order valence-corrected chi connectivity index (χ2v) is 6.04. The van der Waals surface area contributed by atoms with Gasteiger partial charge < -0.3 is 15.7 Å². The van der Waals surface area contributed by atoms with Crippen LogP contribution in [0.3, 0.4) is 0 Å². The first kappa shape index (κ1) is 12.7. The molecule has 1 heterocycles. The average Bonchev–Trinajstić information content (AvgIpc) is 2.22. The van der Waals surface area contributed by atoms with Crippen molar-refractivity contribution in [3.05, 3.63) is 22.2 Å². The number of hydrogen-bond donors (Lipinski definition) is 2. The van der Waals surface area contributed by atoms with Crippen molar-refractivity contribution in [1.82, 2.24) is 0 Å². The van der Waals surface area contributed by atoms with E-state index in [4.69, 9.17) is 5.73 Å². The maximum Gasteiger partial charge on any atom is 0.0794 e. The number of anilines is 2. The maximum atomic E-state index is 10.1. The number of β-amino-alcohol motifs (C(OH)–C–C–N with tert-alkyl or cyclic N) is 1. The van der Waals surface area contributed by atoms with Gasteiger partial charge in [0.1, 0.15) is 0 Å². The molecule has 1 saturated heterocycles. The van der Waals surface area contributed by atoms with Crippen molar-refractivity contribution in [1.29, 1.82) is 0 Å². The van der Waals surface area contributed by atoms with Gasteiger partial charge in [-0.2, -0.15) is 0 Å². The van der Waals surface area contributed by atoms with E-state index >= 15 is 0 Å². The number of aliphatic hydroxyl groups is 1. The molecule has 1 aliphatic heterocycles. The van der Waals surface area contributed by atoms with Crippen LogP contribution in [-0.4, -0.2) is 23.8 Å². The lowest BCUT2D eigenvalue weighted by Gasteiger charge is -2.38. The van der Waals surface area contributed by atoms with Crippen LogP contribution in [0, 0.1) is 6.92 Å². The van der Waals surface area contributed by atoms with Gasteiger partial charge in [0.05, 0.1) is 11.3 Å². The molecule has 4 heteroatoms. The molecule has 0 bridgehead atoms. The Hall–Kier alpha value is -0.740. The minimum atomic E-state index is -0.590. The number of benzene rings is 1. The Balaban J connectivity index is 2.31. The van der Waals surface area contributed by atoms with Gasteiger partial charge in [-0.3, -0.25) is 0 Å². The zero-order valence-electron chi connectivity index (χ0n) is 10.3. The van der Waals surface area contributed by atoms with Gasteiger partial charge in [-0.15, -0.1) is 0 Å². The Morgan fingerprint density at radius 2 is 2.18 bits per heavy atom. The Morgan fingerprint density at radius 1 is 1.47 bits per heavy atom. The summed E-state index contributed by atoms with van der Waals surface area (Å²) in [6.07, 6.45) is 1.89. The highest BCUT2D eigenvalue weighted by Crippen LogP contribution is 2.34. The predicted molar refractivity (Wildman–Crippen MR) is 75.4 cm³/mol. The third kappa shape index (κ3) is 2.75. The van der Waals surface area contributed by atoms with Crippen molar-refractivity contribution in [2.75, 3.05) is 23.7 Å². The molecule has 17 heavy (non-hydrogen) atoms. The first-order valence-electron chi connectivity index (χ1n) is 5.92. The van der Waals surface area contributed by atoms with E-state index in [0.29, 0.717) is 6.54 Å². The molecule has 2 rings (SSSR count). The fourth-order valence-electron chi connectivity index (χ4n) is 2.35. The third-order valence-electron chi connectivity index (χ3n) is 3.35. The highest BCUT2D eigenvalue weighted by molar-refractivity contribution is 9.10. The molecular formula is C13H19BrN2O. The molecule has 1 unspecified atom stereocenters. The van der Waals surface area contributed by atoms with Crippen LogP contribution in [0.25, 0.3) is 0 Å².